The molecule has 0 radical (unpaired) electrons. The van der Waals surface area contributed by atoms with E-state index < -0.39 is 0 Å². The second-order valence-corrected chi connectivity index (χ2v) is 5.04. The molecule has 2 rings (SSSR count). The van der Waals surface area contributed by atoms with Gasteiger partial charge in [0.1, 0.15) is 16.7 Å². The van der Waals surface area contributed by atoms with Gasteiger partial charge in [0.2, 0.25) is 0 Å². The Bertz CT molecular complexity index is 323. The Kier molecular flexibility index (Phi) is 3.57. The van der Waals surface area contributed by atoms with E-state index in [1.165, 1.54) is 25.7 Å². The molecule has 0 aromatic carbocycles. The van der Waals surface area contributed by atoms with Crippen molar-refractivity contribution in [2.75, 3.05) is 18.5 Å². The third kappa shape index (κ3) is 2.91. The average molecular weight is 270 g/mol. The van der Waals surface area contributed by atoms with Crippen molar-refractivity contribution in [1.29, 1.82) is 0 Å². The van der Waals surface area contributed by atoms with Crippen LogP contribution in [0.2, 0.25) is 0 Å². The first-order valence-corrected chi connectivity index (χ1v) is 6.23. The van der Waals surface area contributed by atoms with Gasteiger partial charge in [-0.05, 0) is 34.7 Å². The second kappa shape index (κ2) is 4.92. The number of hydrogen-bond donors (Lipinski definition) is 0. The highest BCUT2D eigenvalue weighted by molar-refractivity contribution is 9.10. The third-order valence-electron chi connectivity index (χ3n) is 3.02. The number of aromatic nitrogens is 2. The van der Waals surface area contributed by atoms with Gasteiger partial charge in [-0.3, -0.25) is 0 Å². The van der Waals surface area contributed by atoms with Gasteiger partial charge in [0.15, 0.2) is 0 Å². The number of halogens is 1. The van der Waals surface area contributed by atoms with E-state index >= 15 is 0 Å². The summed E-state index contributed by atoms with van der Waals surface area (Å²) in [5.41, 5.74) is 0. The molecular weight excluding hydrogens is 254 g/mol. The van der Waals surface area contributed by atoms with Gasteiger partial charge in [0.25, 0.3) is 0 Å². The molecule has 1 aromatic heterocycles. The van der Waals surface area contributed by atoms with Crippen LogP contribution in [-0.4, -0.2) is 23.6 Å². The predicted molar refractivity (Wildman–Crippen MR) is 65.0 cm³/mol. The van der Waals surface area contributed by atoms with Crippen molar-refractivity contribution in [2.24, 2.45) is 5.92 Å². The van der Waals surface area contributed by atoms with E-state index in [1.54, 1.807) is 6.33 Å². The van der Waals surface area contributed by atoms with Crippen LogP contribution < -0.4 is 4.90 Å². The van der Waals surface area contributed by atoms with Crippen LogP contribution in [0.5, 0.6) is 0 Å². The van der Waals surface area contributed by atoms with Crippen LogP contribution in [0.25, 0.3) is 0 Å². The highest BCUT2D eigenvalue weighted by Crippen LogP contribution is 2.26. The molecule has 1 fully saturated rings. The van der Waals surface area contributed by atoms with E-state index in [9.17, 15) is 0 Å². The summed E-state index contributed by atoms with van der Waals surface area (Å²) in [4.78, 5) is 10.5. The van der Waals surface area contributed by atoms with Crippen molar-refractivity contribution in [3.63, 3.8) is 0 Å². The normalized spacial score (nSPS) is 16.9. The van der Waals surface area contributed by atoms with Crippen LogP contribution in [0.15, 0.2) is 17.0 Å². The lowest BCUT2D eigenvalue weighted by Gasteiger charge is -2.21. The van der Waals surface area contributed by atoms with E-state index in [2.05, 4.69) is 37.8 Å². The maximum absolute atomic E-state index is 4.27. The Balaban J connectivity index is 1.97. The summed E-state index contributed by atoms with van der Waals surface area (Å²) < 4.78 is 0.853. The lowest BCUT2D eigenvalue weighted by atomic mass is 10.1. The highest BCUT2D eigenvalue weighted by atomic mass is 79.9. The first-order chi connectivity index (χ1) is 7.25. The fourth-order valence-corrected chi connectivity index (χ4v) is 2.50. The SMILES string of the molecule is CN(CC1CCCC1)c1cc(Br)ncn1. The van der Waals surface area contributed by atoms with Crippen LogP contribution >= 0.6 is 15.9 Å². The molecule has 15 heavy (non-hydrogen) atoms. The first-order valence-electron chi connectivity index (χ1n) is 5.44. The van der Waals surface area contributed by atoms with E-state index in [1.807, 2.05) is 6.07 Å². The predicted octanol–water partition coefficient (Wildman–Crippen LogP) is 2.87. The summed E-state index contributed by atoms with van der Waals surface area (Å²) in [5, 5.41) is 0. The van der Waals surface area contributed by atoms with E-state index in [0.29, 0.717) is 0 Å². The zero-order valence-corrected chi connectivity index (χ0v) is 10.6. The van der Waals surface area contributed by atoms with Gasteiger partial charge in [0.05, 0.1) is 0 Å². The zero-order chi connectivity index (χ0) is 10.7. The summed E-state index contributed by atoms with van der Waals surface area (Å²) in [7, 11) is 2.10. The smallest absolute Gasteiger partial charge is 0.132 e. The summed E-state index contributed by atoms with van der Waals surface area (Å²) in [6.45, 7) is 1.11. The maximum Gasteiger partial charge on any atom is 0.132 e. The van der Waals surface area contributed by atoms with Crippen molar-refractivity contribution in [3.05, 3.63) is 17.0 Å². The van der Waals surface area contributed by atoms with Crippen molar-refractivity contribution in [1.82, 2.24) is 9.97 Å². The van der Waals surface area contributed by atoms with Gasteiger partial charge in [-0.15, -0.1) is 0 Å². The van der Waals surface area contributed by atoms with Gasteiger partial charge in [-0.1, -0.05) is 12.8 Å². The summed E-state index contributed by atoms with van der Waals surface area (Å²) in [6, 6.07) is 1.97. The van der Waals surface area contributed by atoms with Crippen LogP contribution in [0.3, 0.4) is 0 Å². The summed E-state index contributed by atoms with van der Waals surface area (Å²) in [6.07, 6.45) is 7.13. The average Bonchev–Trinajstić information content (AvgIpc) is 2.70. The standard InChI is InChI=1S/C11H16BrN3/c1-15(7-9-4-2-3-5-9)11-6-10(12)13-8-14-11/h6,8-9H,2-5,7H2,1H3. The van der Waals surface area contributed by atoms with Gasteiger partial charge >= 0.3 is 0 Å². The molecule has 0 aliphatic heterocycles. The number of rotatable bonds is 3. The molecule has 0 unspecified atom stereocenters. The molecule has 0 spiro atoms. The molecule has 1 heterocycles. The fraction of sp³-hybridized carbons (Fsp3) is 0.636. The molecule has 1 aromatic rings. The Morgan fingerprint density at radius 2 is 2.13 bits per heavy atom. The minimum atomic E-state index is 0.851. The largest absolute Gasteiger partial charge is 0.359 e. The van der Waals surface area contributed by atoms with Crippen molar-refractivity contribution >= 4 is 21.7 Å². The number of anilines is 1. The van der Waals surface area contributed by atoms with Crippen molar-refractivity contribution in [3.8, 4) is 0 Å². The van der Waals surface area contributed by atoms with Crippen molar-refractivity contribution < 1.29 is 0 Å². The molecule has 1 saturated carbocycles. The van der Waals surface area contributed by atoms with Crippen LogP contribution in [-0.2, 0) is 0 Å². The Labute approximate surface area is 99.0 Å². The fourth-order valence-electron chi connectivity index (χ4n) is 2.21. The van der Waals surface area contributed by atoms with Gasteiger partial charge in [0, 0.05) is 19.7 Å². The van der Waals surface area contributed by atoms with Gasteiger partial charge in [-0.25, -0.2) is 9.97 Å². The quantitative estimate of drug-likeness (QED) is 0.791. The molecule has 0 atom stereocenters. The third-order valence-corrected chi connectivity index (χ3v) is 3.45. The number of hydrogen-bond acceptors (Lipinski definition) is 3. The van der Waals surface area contributed by atoms with E-state index in [-0.39, 0.29) is 0 Å². The maximum atomic E-state index is 4.27. The lowest BCUT2D eigenvalue weighted by molar-refractivity contribution is 0.545. The Morgan fingerprint density at radius 1 is 1.40 bits per heavy atom. The van der Waals surface area contributed by atoms with Crippen molar-refractivity contribution in [2.45, 2.75) is 25.7 Å². The topological polar surface area (TPSA) is 29.0 Å². The van der Waals surface area contributed by atoms with Crippen LogP contribution in [0, 0.1) is 5.92 Å². The summed E-state index contributed by atoms with van der Waals surface area (Å²) >= 11 is 3.37. The molecular formula is C11H16BrN3. The molecule has 0 N–H and O–H groups in total. The van der Waals surface area contributed by atoms with Gasteiger partial charge < -0.3 is 4.90 Å². The van der Waals surface area contributed by atoms with Gasteiger partial charge in [-0.2, -0.15) is 0 Å². The molecule has 4 heteroatoms. The molecule has 0 amide bonds. The highest BCUT2D eigenvalue weighted by Gasteiger charge is 2.17. The molecule has 0 saturated heterocycles. The number of nitrogens with zero attached hydrogens (tertiary/aromatic N) is 3. The minimum absolute atomic E-state index is 0.851. The monoisotopic (exact) mass is 269 g/mol. The van der Waals surface area contributed by atoms with Crippen LogP contribution in [0.1, 0.15) is 25.7 Å². The van der Waals surface area contributed by atoms with E-state index in [4.69, 9.17) is 0 Å². The summed E-state index contributed by atoms with van der Waals surface area (Å²) in [5.74, 6) is 1.85. The van der Waals surface area contributed by atoms with E-state index in [0.717, 1.165) is 22.9 Å². The molecule has 1 aliphatic rings. The Hall–Kier alpha value is -0.640. The van der Waals surface area contributed by atoms with Crippen LogP contribution in [0.4, 0.5) is 5.82 Å². The minimum Gasteiger partial charge on any atom is -0.359 e. The molecule has 0 bridgehead atoms. The molecule has 3 nitrogen and oxygen atoms in total. The molecule has 1 aliphatic carbocycles. The first kappa shape index (κ1) is 10.9. The molecule has 82 valence electrons. The lowest BCUT2D eigenvalue weighted by Crippen LogP contribution is -2.24. The zero-order valence-electron chi connectivity index (χ0n) is 8.99. The second-order valence-electron chi connectivity index (χ2n) is 4.23. The Morgan fingerprint density at radius 3 is 2.80 bits per heavy atom.